The fourth-order valence-electron chi connectivity index (χ4n) is 1.55. The van der Waals surface area contributed by atoms with Gasteiger partial charge in [-0.05, 0) is 30.3 Å². The smallest absolute Gasteiger partial charge is 0.159 e. The zero-order valence-electron chi connectivity index (χ0n) is 10.6. The number of hydrogen-bond donors (Lipinski definition) is 2. The van der Waals surface area contributed by atoms with E-state index in [2.05, 4.69) is 29.1 Å². The third-order valence-corrected chi connectivity index (χ3v) is 2.53. The van der Waals surface area contributed by atoms with Gasteiger partial charge in [-0.3, -0.25) is 0 Å². The fourth-order valence-corrected chi connectivity index (χ4v) is 1.55. The molecule has 0 saturated heterocycles. The Morgan fingerprint density at radius 3 is 2.56 bits per heavy atom. The zero-order valence-corrected chi connectivity index (χ0v) is 10.6. The molecule has 0 aliphatic rings. The third kappa shape index (κ3) is 3.28. The quantitative estimate of drug-likeness (QED) is 0.865. The maximum atomic E-state index is 9.25. The first kappa shape index (κ1) is 12.5. The molecule has 4 nitrogen and oxygen atoms in total. The van der Waals surface area contributed by atoms with Crippen molar-refractivity contribution in [3.05, 3.63) is 42.2 Å². The summed E-state index contributed by atoms with van der Waals surface area (Å²) < 4.78 is 0. The van der Waals surface area contributed by atoms with E-state index < -0.39 is 0 Å². The molecule has 0 saturated carbocycles. The van der Waals surface area contributed by atoms with Crippen LogP contribution in [0.5, 0.6) is 5.75 Å². The van der Waals surface area contributed by atoms with E-state index in [9.17, 15) is 5.11 Å². The second-order valence-corrected chi connectivity index (χ2v) is 4.45. The summed E-state index contributed by atoms with van der Waals surface area (Å²) >= 11 is 0. The highest BCUT2D eigenvalue weighted by molar-refractivity contribution is 5.55. The Morgan fingerprint density at radius 1 is 1.17 bits per heavy atom. The minimum absolute atomic E-state index is 0.247. The Hall–Kier alpha value is -1.94. The predicted molar refractivity (Wildman–Crippen MR) is 71.1 cm³/mol. The van der Waals surface area contributed by atoms with Crippen LogP contribution in [0.3, 0.4) is 0 Å². The van der Waals surface area contributed by atoms with Gasteiger partial charge in [0.15, 0.2) is 5.82 Å². The molecule has 0 bridgehead atoms. The summed E-state index contributed by atoms with van der Waals surface area (Å²) in [6.45, 7) is 4.93. The van der Waals surface area contributed by atoms with E-state index in [0.717, 1.165) is 17.8 Å². The van der Waals surface area contributed by atoms with Crippen LogP contribution in [0.4, 0.5) is 0 Å². The van der Waals surface area contributed by atoms with E-state index in [0.29, 0.717) is 11.9 Å². The molecule has 0 aliphatic carbocycles. The average Bonchev–Trinajstić information content (AvgIpc) is 2.37. The van der Waals surface area contributed by atoms with Gasteiger partial charge in [-0.2, -0.15) is 0 Å². The number of aromatic nitrogens is 2. The van der Waals surface area contributed by atoms with Gasteiger partial charge in [0, 0.05) is 24.3 Å². The van der Waals surface area contributed by atoms with Crippen molar-refractivity contribution >= 4 is 0 Å². The Morgan fingerprint density at radius 2 is 1.89 bits per heavy atom. The SMILES string of the molecule is CC(C)NCc1ccnc(-c2ccc(O)cc2)n1. The van der Waals surface area contributed by atoms with Gasteiger partial charge in [0.05, 0.1) is 5.69 Å². The summed E-state index contributed by atoms with van der Waals surface area (Å²) in [7, 11) is 0. The lowest BCUT2D eigenvalue weighted by atomic mass is 10.2. The number of benzene rings is 1. The molecule has 1 aromatic carbocycles. The molecule has 0 amide bonds. The van der Waals surface area contributed by atoms with Gasteiger partial charge in [-0.25, -0.2) is 9.97 Å². The molecule has 2 N–H and O–H groups in total. The molecule has 94 valence electrons. The van der Waals surface area contributed by atoms with Crippen LogP contribution >= 0.6 is 0 Å². The van der Waals surface area contributed by atoms with Crippen molar-refractivity contribution in [3.8, 4) is 17.1 Å². The average molecular weight is 243 g/mol. The normalized spacial score (nSPS) is 10.8. The molecule has 4 heteroatoms. The van der Waals surface area contributed by atoms with Crippen LogP contribution in [0.15, 0.2) is 36.5 Å². The molecule has 0 fully saturated rings. The first-order chi connectivity index (χ1) is 8.65. The maximum Gasteiger partial charge on any atom is 0.159 e. The van der Waals surface area contributed by atoms with Gasteiger partial charge >= 0.3 is 0 Å². The van der Waals surface area contributed by atoms with Crippen molar-refractivity contribution in [1.29, 1.82) is 0 Å². The van der Waals surface area contributed by atoms with Crippen molar-refractivity contribution in [2.75, 3.05) is 0 Å². The number of aromatic hydroxyl groups is 1. The molecule has 0 spiro atoms. The predicted octanol–water partition coefficient (Wildman–Crippen LogP) is 2.35. The van der Waals surface area contributed by atoms with Gasteiger partial charge in [0.1, 0.15) is 5.75 Å². The molecule has 0 radical (unpaired) electrons. The van der Waals surface area contributed by atoms with E-state index in [1.807, 2.05) is 18.2 Å². The van der Waals surface area contributed by atoms with Crippen molar-refractivity contribution in [2.24, 2.45) is 0 Å². The summed E-state index contributed by atoms with van der Waals surface area (Å²) in [6, 6.07) is 9.22. The zero-order chi connectivity index (χ0) is 13.0. The second-order valence-electron chi connectivity index (χ2n) is 4.45. The minimum atomic E-state index is 0.247. The largest absolute Gasteiger partial charge is 0.508 e. The summed E-state index contributed by atoms with van der Waals surface area (Å²) in [5.74, 6) is 0.925. The Kier molecular flexibility index (Phi) is 3.89. The number of hydrogen-bond acceptors (Lipinski definition) is 4. The molecular weight excluding hydrogens is 226 g/mol. The van der Waals surface area contributed by atoms with Crippen molar-refractivity contribution in [3.63, 3.8) is 0 Å². The third-order valence-electron chi connectivity index (χ3n) is 2.53. The molecule has 1 aromatic heterocycles. The van der Waals surface area contributed by atoms with Crippen LogP contribution in [0.1, 0.15) is 19.5 Å². The number of nitrogens with zero attached hydrogens (tertiary/aromatic N) is 2. The Balaban J connectivity index is 2.18. The van der Waals surface area contributed by atoms with Crippen LogP contribution in [-0.2, 0) is 6.54 Å². The molecule has 18 heavy (non-hydrogen) atoms. The van der Waals surface area contributed by atoms with Crippen LogP contribution in [0, 0.1) is 0 Å². The summed E-state index contributed by atoms with van der Waals surface area (Å²) in [4.78, 5) is 8.74. The molecule has 1 heterocycles. The molecular formula is C14H17N3O. The molecule has 0 aliphatic heterocycles. The van der Waals surface area contributed by atoms with E-state index in [-0.39, 0.29) is 5.75 Å². The second kappa shape index (κ2) is 5.60. The molecule has 0 atom stereocenters. The number of rotatable bonds is 4. The molecule has 2 aromatic rings. The molecule has 0 unspecified atom stereocenters. The Bertz CT molecular complexity index is 509. The lowest BCUT2D eigenvalue weighted by Crippen LogP contribution is -2.22. The highest BCUT2D eigenvalue weighted by Crippen LogP contribution is 2.18. The summed E-state index contributed by atoms with van der Waals surface area (Å²) in [5, 5.41) is 12.6. The van der Waals surface area contributed by atoms with E-state index in [1.54, 1.807) is 18.3 Å². The van der Waals surface area contributed by atoms with Crippen molar-refractivity contribution < 1.29 is 5.11 Å². The highest BCUT2D eigenvalue weighted by Gasteiger charge is 2.03. The Labute approximate surface area is 107 Å². The fraction of sp³-hybridized carbons (Fsp3) is 0.286. The first-order valence-corrected chi connectivity index (χ1v) is 6.00. The summed E-state index contributed by atoms with van der Waals surface area (Å²) in [6.07, 6.45) is 1.76. The van der Waals surface area contributed by atoms with Crippen LogP contribution < -0.4 is 5.32 Å². The van der Waals surface area contributed by atoms with Crippen molar-refractivity contribution in [2.45, 2.75) is 26.4 Å². The highest BCUT2D eigenvalue weighted by atomic mass is 16.3. The molecule has 2 rings (SSSR count). The monoisotopic (exact) mass is 243 g/mol. The lowest BCUT2D eigenvalue weighted by molar-refractivity contribution is 0.475. The number of phenols is 1. The van der Waals surface area contributed by atoms with Crippen molar-refractivity contribution in [1.82, 2.24) is 15.3 Å². The van der Waals surface area contributed by atoms with Gasteiger partial charge < -0.3 is 10.4 Å². The standard InChI is InChI=1S/C14H17N3O/c1-10(2)16-9-12-7-8-15-14(17-12)11-3-5-13(18)6-4-11/h3-8,10,16,18H,9H2,1-2H3. The van der Waals surface area contributed by atoms with E-state index in [1.165, 1.54) is 0 Å². The van der Waals surface area contributed by atoms with Gasteiger partial charge in [-0.1, -0.05) is 13.8 Å². The van der Waals surface area contributed by atoms with Crippen LogP contribution in [0.2, 0.25) is 0 Å². The van der Waals surface area contributed by atoms with Gasteiger partial charge in [-0.15, -0.1) is 0 Å². The topological polar surface area (TPSA) is 58.0 Å². The summed E-state index contributed by atoms with van der Waals surface area (Å²) in [5.41, 5.74) is 1.86. The van der Waals surface area contributed by atoms with Crippen LogP contribution in [-0.4, -0.2) is 21.1 Å². The lowest BCUT2D eigenvalue weighted by Gasteiger charge is -2.08. The van der Waals surface area contributed by atoms with Crippen LogP contribution in [0.25, 0.3) is 11.4 Å². The number of phenolic OH excluding ortho intramolecular Hbond substituents is 1. The first-order valence-electron chi connectivity index (χ1n) is 6.00. The van der Waals surface area contributed by atoms with E-state index >= 15 is 0 Å². The number of nitrogens with one attached hydrogen (secondary N) is 1. The maximum absolute atomic E-state index is 9.25. The van der Waals surface area contributed by atoms with Gasteiger partial charge in [0.25, 0.3) is 0 Å². The van der Waals surface area contributed by atoms with Gasteiger partial charge in [0.2, 0.25) is 0 Å². The minimum Gasteiger partial charge on any atom is -0.508 e. The van der Waals surface area contributed by atoms with E-state index in [4.69, 9.17) is 0 Å².